The van der Waals surface area contributed by atoms with Crippen molar-refractivity contribution in [2.45, 2.75) is 0 Å². The Kier molecular flexibility index (Phi) is 3.10. The Hall–Kier alpha value is -3.95. The SMILES string of the molecule is O=c1ccc(=O)oc2c(ccc3c2nc2oc(=O)ccc(=O)on23)o1. The van der Waals surface area contributed by atoms with Crippen LogP contribution in [0, 0.1) is 0 Å². The van der Waals surface area contributed by atoms with E-state index in [-0.39, 0.29) is 28.0 Å². The maximum Gasteiger partial charge on any atom is 0.356 e. The maximum absolute atomic E-state index is 11.7. The van der Waals surface area contributed by atoms with E-state index in [0.717, 1.165) is 28.8 Å². The molecule has 3 aromatic heterocycles. The van der Waals surface area contributed by atoms with Gasteiger partial charge in [-0.05, 0) is 12.1 Å². The molecule has 4 rings (SSSR count). The third-order valence-corrected chi connectivity index (χ3v) is 3.17. The Bertz CT molecular complexity index is 1430. The highest BCUT2D eigenvalue weighted by molar-refractivity contribution is 5.98. The molecule has 0 saturated heterocycles. The van der Waals surface area contributed by atoms with E-state index in [1.165, 1.54) is 12.1 Å². The lowest BCUT2D eigenvalue weighted by molar-refractivity contribution is 0.324. The second kappa shape index (κ2) is 5.30. The van der Waals surface area contributed by atoms with Crippen LogP contribution in [-0.4, -0.2) is 9.56 Å². The van der Waals surface area contributed by atoms with Crippen molar-refractivity contribution in [2.24, 2.45) is 0 Å². The molecule has 0 bridgehead atoms. The molecule has 0 saturated carbocycles. The number of aromatic nitrogens is 2. The van der Waals surface area contributed by atoms with E-state index < -0.39 is 22.5 Å². The van der Waals surface area contributed by atoms with Crippen molar-refractivity contribution in [1.82, 2.24) is 9.56 Å². The molecule has 4 aromatic rings. The van der Waals surface area contributed by atoms with Crippen LogP contribution < -0.4 is 22.5 Å². The van der Waals surface area contributed by atoms with Crippen molar-refractivity contribution in [1.29, 1.82) is 0 Å². The summed E-state index contributed by atoms with van der Waals surface area (Å²) in [7, 11) is 0. The monoisotopic (exact) mass is 342 g/mol. The quantitative estimate of drug-likeness (QED) is 0.449. The summed E-state index contributed by atoms with van der Waals surface area (Å²) in [6, 6.07) is 6.28. The molecule has 0 aliphatic rings. The average Bonchev–Trinajstić information content (AvgIpc) is 2.88. The van der Waals surface area contributed by atoms with Crippen molar-refractivity contribution in [2.75, 3.05) is 0 Å². The molecular weight excluding hydrogens is 336 g/mol. The fourth-order valence-electron chi connectivity index (χ4n) is 2.18. The van der Waals surface area contributed by atoms with E-state index in [1.54, 1.807) is 0 Å². The lowest BCUT2D eigenvalue weighted by atomic mass is 10.3. The maximum atomic E-state index is 11.7. The lowest BCUT2D eigenvalue weighted by Crippen LogP contribution is -2.03. The van der Waals surface area contributed by atoms with Gasteiger partial charge in [-0.25, -0.2) is 19.2 Å². The molecule has 0 aliphatic carbocycles. The second-order valence-corrected chi connectivity index (χ2v) is 4.79. The van der Waals surface area contributed by atoms with Gasteiger partial charge in [-0.2, -0.15) is 4.98 Å². The van der Waals surface area contributed by atoms with Gasteiger partial charge in [0.25, 0.3) is 0 Å². The first-order valence-electron chi connectivity index (χ1n) is 6.80. The molecule has 0 radical (unpaired) electrons. The molecule has 0 aliphatic heterocycles. The molecule has 1 aromatic carbocycles. The van der Waals surface area contributed by atoms with Crippen LogP contribution in [0.3, 0.4) is 0 Å². The van der Waals surface area contributed by atoms with Crippen LogP contribution in [0.5, 0.6) is 0 Å². The van der Waals surface area contributed by atoms with Crippen molar-refractivity contribution in [3.8, 4) is 0 Å². The predicted octanol–water partition coefficient (Wildman–Crippen LogP) is 0.578. The van der Waals surface area contributed by atoms with Crippen LogP contribution >= 0.6 is 0 Å². The summed E-state index contributed by atoms with van der Waals surface area (Å²) >= 11 is 0. The molecule has 25 heavy (non-hydrogen) atoms. The Morgan fingerprint density at radius 1 is 0.720 bits per heavy atom. The number of rotatable bonds is 0. The Morgan fingerprint density at radius 2 is 1.36 bits per heavy atom. The molecule has 10 heteroatoms. The van der Waals surface area contributed by atoms with Gasteiger partial charge in [-0.3, -0.25) is 0 Å². The van der Waals surface area contributed by atoms with Crippen molar-refractivity contribution < 1.29 is 17.8 Å². The predicted molar refractivity (Wildman–Crippen MR) is 82.0 cm³/mol. The minimum Gasteiger partial charge on any atom is -0.419 e. The van der Waals surface area contributed by atoms with Crippen molar-refractivity contribution in [3.63, 3.8) is 0 Å². The van der Waals surface area contributed by atoms with E-state index >= 15 is 0 Å². The van der Waals surface area contributed by atoms with Crippen molar-refractivity contribution in [3.05, 3.63) is 78.1 Å². The van der Waals surface area contributed by atoms with Crippen molar-refractivity contribution >= 4 is 28.0 Å². The fourth-order valence-corrected chi connectivity index (χ4v) is 2.18. The highest BCUT2D eigenvalue weighted by atomic mass is 16.5. The van der Waals surface area contributed by atoms with Gasteiger partial charge in [0, 0.05) is 24.3 Å². The van der Waals surface area contributed by atoms with E-state index in [1.807, 2.05) is 0 Å². The summed E-state index contributed by atoms with van der Waals surface area (Å²) in [6.07, 6.45) is 0. The highest BCUT2D eigenvalue weighted by Crippen LogP contribution is 2.23. The first-order chi connectivity index (χ1) is 12.0. The number of hydrogen-bond donors (Lipinski definition) is 0. The Labute approximate surface area is 134 Å². The molecule has 0 amide bonds. The molecule has 0 N–H and O–H groups in total. The van der Waals surface area contributed by atoms with Gasteiger partial charge >= 0.3 is 28.3 Å². The van der Waals surface area contributed by atoms with Gasteiger partial charge in [0.05, 0.1) is 0 Å². The lowest BCUT2D eigenvalue weighted by Gasteiger charge is -1.93. The van der Waals surface area contributed by atoms with Crippen LogP contribution in [-0.2, 0) is 0 Å². The summed E-state index contributed by atoms with van der Waals surface area (Å²) in [5.41, 5.74) is -3.40. The normalized spacial score (nSPS) is 11.0. The highest BCUT2D eigenvalue weighted by Gasteiger charge is 2.14. The topological polar surface area (TPSA) is 138 Å². The molecule has 0 fully saturated rings. The molecule has 0 unspecified atom stereocenters. The largest absolute Gasteiger partial charge is 0.419 e. The zero-order valence-electron chi connectivity index (χ0n) is 12.1. The number of hydrogen-bond acceptors (Lipinski definition) is 9. The van der Waals surface area contributed by atoms with Crippen LogP contribution in [0.1, 0.15) is 0 Å². The summed E-state index contributed by atoms with van der Waals surface area (Å²) in [6.45, 7) is 0. The summed E-state index contributed by atoms with van der Waals surface area (Å²) in [4.78, 5) is 50.5. The molecule has 3 heterocycles. The van der Waals surface area contributed by atoms with Crippen LogP contribution in [0.15, 0.2) is 73.4 Å². The molecule has 10 nitrogen and oxygen atoms in total. The van der Waals surface area contributed by atoms with Gasteiger partial charge < -0.3 is 17.8 Å². The minimum atomic E-state index is -0.845. The van der Waals surface area contributed by atoms with Crippen LogP contribution in [0.2, 0.25) is 0 Å². The molecule has 124 valence electrons. The third-order valence-electron chi connectivity index (χ3n) is 3.17. The zero-order chi connectivity index (χ0) is 17.6. The van der Waals surface area contributed by atoms with E-state index in [0.29, 0.717) is 0 Å². The fraction of sp³-hybridized carbons (Fsp3) is 0. The number of benzene rings is 1. The Morgan fingerprint density at radius 3 is 2.12 bits per heavy atom. The number of imidazole rings is 1. The van der Waals surface area contributed by atoms with E-state index in [9.17, 15) is 19.2 Å². The smallest absolute Gasteiger partial charge is 0.356 e. The summed E-state index contributed by atoms with van der Waals surface area (Å²) < 4.78 is 21.0. The van der Waals surface area contributed by atoms with Gasteiger partial charge in [0.1, 0.15) is 11.0 Å². The minimum absolute atomic E-state index is 0.00792. The van der Waals surface area contributed by atoms with Gasteiger partial charge in [0.2, 0.25) is 5.58 Å². The molecular formula is C15H6N2O8. The second-order valence-electron chi connectivity index (χ2n) is 4.79. The van der Waals surface area contributed by atoms with Gasteiger partial charge in [-0.1, -0.05) is 0 Å². The molecule has 0 spiro atoms. The van der Waals surface area contributed by atoms with E-state index in [4.69, 9.17) is 17.8 Å². The third kappa shape index (κ3) is 2.51. The first-order valence-corrected chi connectivity index (χ1v) is 6.80. The number of fused-ring (bicyclic) bond motifs is 5. The van der Waals surface area contributed by atoms with Gasteiger partial charge in [-0.15, -0.1) is 4.57 Å². The summed E-state index contributed by atoms with van der Waals surface area (Å²) in [5.74, 6) is -0.355. The zero-order valence-corrected chi connectivity index (χ0v) is 12.1. The standard InChI is InChI=1S/C15H6N2O8/c18-9-3-4-10(19)23-14-8(22-9)2-1-7-13(14)16-15-17(7)25-12(21)6-5-11(20)24-15/h1-6H. The van der Waals surface area contributed by atoms with Gasteiger partial charge in [0.15, 0.2) is 5.58 Å². The number of nitrogens with zero attached hydrogens (tertiary/aromatic N) is 2. The first kappa shape index (κ1) is 14.6. The van der Waals surface area contributed by atoms with E-state index in [2.05, 4.69) is 4.98 Å². The van der Waals surface area contributed by atoms with Crippen LogP contribution in [0.25, 0.3) is 28.0 Å². The average molecular weight is 342 g/mol. The molecule has 0 atom stereocenters. The Balaban J connectivity index is 2.35. The van der Waals surface area contributed by atoms with Crippen LogP contribution in [0.4, 0.5) is 0 Å². The summed E-state index contributed by atoms with van der Waals surface area (Å²) in [5, 5.41) is 0.